The van der Waals surface area contributed by atoms with Gasteiger partial charge < -0.3 is 15.8 Å². The lowest BCUT2D eigenvalue weighted by atomic mass is 10.1. The first kappa shape index (κ1) is 8.77. The second-order valence-electron chi connectivity index (χ2n) is 3.02. The molecule has 1 heterocycles. The van der Waals surface area contributed by atoms with Crippen LogP contribution in [0.15, 0.2) is 24.3 Å². The second kappa shape index (κ2) is 3.16. The van der Waals surface area contributed by atoms with Crippen LogP contribution in [0, 0.1) is 0 Å². The summed E-state index contributed by atoms with van der Waals surface area (Å²) in [7, 11) is 0. The Hall–Kier alpha value is -1.81. The van der Waals surface area contributed by atoms with Gasteiger partial charge in [-0.25, -0.2) is 0 Å². The number of benzene rings is 1. The Kier molecular flexibility index (Phi) is 1.98. The van der Waals surface area contributed by atoms with Crippen molar-refractivity contribution < 1.29 is 9.90 Å². The molecule has 0 aliphatic carbocycles. The number of hydrogen-bond acceptors (Lipinski definition) is 3. The van der Waals surface area contributed by atoms with Crippen molar-refractivity contribution >= 4 is 16.7 Å². The summed E-state index contributed by atoms with van der Waals surface area (Å²) in [5.74, 6) is -0.374. The molecule has 0 atom stereocenters. The lowest BCUT2D eigenvalue weighted by molar-refractivity contribution is 0.100. The normalized spacial score (nSPS) is 10.6. The summed E-state index contributed by atoms with van der Waals surface area (Å²) in [4.78, 5) is 14.1. The third-order valence-corrected chi connectivity index (χ3v) is 2.15. The number of nitrogens with two attached hydrogens (primary N) is 1. The number of hydrogen-bond donors (Lipinski definition) is 3. The van der Waals surface area contributed by atoms with Crippen LogP contribution in [0.1, 0.15) is 10.4 Å². The minimum absolute atomic E-state index is 0.102. The molecule has 0 saturated heterocycles. The number of nitrogens with one attached hydrogen (secondary N) is 1. The number of carbonyl (C=O) groups excluding carboxylic acids is 1. The summed E-state index contributed by atoms with van der Waals surface area (Å²) < 4.78 is 0. The molecule has 0 bridgehead atoms. The lowest BCUT2D eigenvalue weighted by Crippen LogP contribution is -2.13. The Balaban J connectivity index is 2.74. The number of fused-ring (bicyclic) bond motifs is 1. The van der Waals surface area contributed by atoms with Crippen molar-refractivity contribution in [1.29, 1.82) is 0 Å². The zero-order chi connectivity index (χ0) is 10.1. The van der Waals surface area contributed by atoms with Gasteiger partial charge in [0.05, 0.1) is 12.1 Å². The molecule has 0 radical (unpaired) electrons. The van der Waals surface area contributed by atoms with Crippen molar-refractivity contribution in [3.63, 3.8) is 0 Å². The number of H-pyrrole nitrogens is 1. The Morgan fingerprint density at radius 3 is 2.86 bits per heavy atom. The maximum Gasteiger partial charge on any atom is 0.200 e. The molecule has 0 saturated carbocycles. The predicted molar refractivity (Wildman–Crippen MR) is 53.3 cm³/mol. The van der Waals surface area contributed by atoms with Gasteiger partial charge in [-0.15, -0.1) is 0 Å². The molecular weight excluding hydrogens is 180 g/mol. The first-order valence-electron chi connectivity index (χ1n) is 4.27. The predicted octanol–water partition coefficient (Wildman–Crippen LogP) is 1.01. The van der Waals surface area contributed by atoms with Crippen molar-refractivity contribution in [2.24, 2.45) is 5.73 Å². The molecule has 14 heavy (non-hydrogen) atoms. The van der Waals surface area contributed by atoms with Crippen LogP contribution in [-0.2, 0) is 0 Å². The number of ketones is 1. The molecule has 2 rings (SSSR count). The van der Waals surface area contributed by atoms with E-state index in [0.29, 0.717) is 5.39 Å². The lowest BCUT2D eigenvalue weighted by Gasteiger charge is -1.95. The molecule has 0 aliphatic heterocycles. The molecule has 0 fully saturated rings. The van der Waals surface area contributed by atoms with E-state index in [1.807, 2.05) is 12.1 Å². The van der Waals surface area contributed by atoms with Gasteiger partial charge in [-0.2, -0.15) is 0 Å². The number of aromatic amines is 1. The highest BCUT2D eigenvalue weighted by Crippen LogP contribution is 2.26. The summed E-state index contributed by atoms with van der Waals surface area (Å²) >= 11 is 0. The van der Waals surface area contributed by atoms with Gasteiger partial charge in [-0.3, -0.25) is 4.79 Å². The van der Waals surface area contributed by atoms with E-state index in [-0.39, 0.29) is 23.8 Å². The molecule has 0 aliphatic rings. The van der Waals surface area contributed by atoms with Crippen LogP contribution in [0.4, 0.5) is 0 Å². The van der Waals surface area contributed by atoms with E-state index in [0.717, 1.165) is 5.52 Å². The van der Waals surface area contributed by atoms with Gasteiger partial charge >= 0.3 is 0 Å². The van der Waals surface area contributed by atoms with Gasteiger partial charge in [0.1, 0.15) is 0 Å². The van der Waals surface area contributed by atoms with Gasteiger partial charge in [-0.1, -0.05) is 18.2 Å². The largest absolute Gasteiger partial charge is 0.494 e. The van der Waals surface area contributed by atoms with Gasteiger partial charge in [0.15, 0.2) is 5.78 Å². The van der Waals surface area contributed by atoms with E-state index in [4.69, 9.17) is 5.73 Å². The van der Waals surface area contributed by atoms with E-state index >= 15 is 0 Å². The maximum atomic E-state index is 11.4. The minimum Gasteiger partial charge on any atom is -0.494 e. The molecule has 4 N–H and O–H groups in total. The van der Waals surface area contributed by atoms with E-state index < -0.39 is 0 Å². The van der Waals surface area contributed by atoms with Gasteiger partial charge in [-0.05, 0) is 6.07 Å². The van der Waals surface area contributed by atoms with E-state index in [9.17, 15) is 9.90 Å². The van der Waals surface area contributed by atoms with Gasteiger partial charge in [0.25, 0.3) is 0 Å². The number of Topliss-reactive ketones (excluding diaryl/α,β-unsaturated/α-hetero) is 1. The van der Waals surface area contributed by atoms with Crippen LogP contribution < -0.4 is 5.73 Å². The highest BCUT2D eigenvalue weighted by molar-refractivity contribution is 6.11. The van der Waals surface area contributed by atoms with Crippen LogP contribution in [-0.4, -0.2) is 22.4 Å². The van der Waals surface area contributed by atoms with Crippen molar-refractivity contribution in [2.45, 2.75) is 0 Å². The second-order valence-corrected chi connectivity index (χ2v) is 3.02. The molecule has 72 valence electrons. The summed E-state index contributed by atoms with van der Waals surface area (Å²) in [5, 5.41) is 10.2. The molecule has 2 aromatic rings. The Morgan fingerprint density at radius 1 is 1.43 bits per heavy atom. The van der Waals surface area contributed by atoms with Crippen LogP contribution in [0.2, 0.25) is 0 Å². The Bertz CT molecular complexity index is 488. The zero-order valence-electron chi connectivity index (χ0n) is 7.45. The summed E-state index contributed by atoms with van der Waals surface area (Å²) in [6, 6.07) is 7.20. The Labute approximate surface area is 80.3 Å². The summed E-state index contributed by atoms with van der Waals surface area (Å²) in [6.07, 6.45) is 0. The SMILES string of the molecule is NCC(=O)c1c(O)[nH]c2ccccc12. The smallest absolute Gasteiger partial charge is 0.200 e. The fourth-order valence-electron chi connectivity index (χ4n) is 1.51. The zero-order valence-corrected chi connectivity index (χ0v) is 7.45. The quantitative estimate of drug-likeness (QED) is 0.618. The maximum absolute atomic E-state index is 11.4. The minimum atomic E-state index is -0.264. The monoisotopic (exact) mass is 190 g/mol. The fourth-order valence-corrected chi connectivity index (χ4v) is 1.51. The third kappa shape index (κ3) is 1.16. The van der Waals surface area contributed by atoms with Crippen LogP contribution >= 0.6 is 0 Å². The molecule has 1 aromatic carbocycles. The van der Waals surface area contributed by atoms with Crippen molar-refractivity contribution in [1.82, 2.24) is 4.98 Å². The molecule has 0 unspecified atom stereocenters. The highest BCUT2D eigenvalue weighted by Gasteiger charge is 2.15. The van der Waals surface area contributed by atoms with Crippen LogP contribution in [0.25, 0.3) is 10.9 Å². The third-order valence-electron chi connectivity index (χ3n) is 2.15. The summed E-state index contributed by atoms with van der Waals surface area (Å²) in [5.41, 5.74) is 6.27. The molecule has 1 aromatic heterocycles. The molecule has 4 nitrogen and oxygen atoms in total. The number of para-hydroxylation sites is 1. The van der Waals surface area contributed by atoms with Gasteiger partial charge in [0.2, 0.25) is 5.88 Å². The molecular formula is C10H10N2O2. The van der Waals surface area contributed by atoms with Crippen molar-refractivity contribution in [3.8, 4) is 5.88 Å². The number of aromatic nitrogens is 1. The molecule has 0 amide bonds. The van der Waals surface area contributed by atoms with E-state index in [1.165, 1.54) is 0 Å². The van der Waals surface area contributed by atoms with Crippen molar-refractivity contribution in [3.05, 3.63) is 29.8 Å². The van der Waals surface area contributed by atoms with E-state index in [1.54, 1.807) is 12.1 Å². The molecule has 0 spiro atoms. The highest BCUT2D eigenvalue weighted by atomic mass is 16.3. The fraction of sp³-hybridized carbons (Fsp3) is 0.100. The van der Waals surface area contributed by atoms with E-state index in [2.05, 4.69) is 4.98 Å². The summed E-state index contributed by atoms with van der Waals surface area (Å²) in [6.45, 7) is -0.102. The Morgan fingerprint density at radius 2 is 2.14 bits per heavy atom. The number of carbonyl (C=O) groups is 1. The number of rotatable bonds is 2. The average molecular weight is 190 g/mol. The topological polar surface area (TPSA) is 79.1 Å². The standard InChI is InChI=1S/C10H10N2O2/c11-5-8(13)9-6-3-1-2-4-7(6)12-10(9)14/h1-4,12,14H,5,11H2. The van der Waals surface area contributed by atoms with Crippen molar-refractivity contribution in [2.75, 3.05) is 6.54 Å². The first-order valence-corrected chi connectivity index (χ1v) is 4.27. The van der Waals surface area contributed by atoms with Crippen LogP contribution in [0.3, 0.4) is 0 Å². The number of aromatic hydroxyl groups is 1. The van der Waals surface area contributed by atoms with Crippen LogP contribution in [0.5, 0.6) is 5.88 Å². The molecule has 4 heteroatoms. The van der Waals surface area contributed by atoms with Gasteiger partial charge in [0, 0.05) is 10.9 Å². The average Bonchev–Trinajstić information content (AvgIpc) is 2.53. The first-order chi connectivity index (χ1) is 6.74.